The SMILES string of the molecule is CO[SiH](OC)C12CC3CC(CC(C3)C1)C2. The molecule has 0 atom stereocenters. The molecular weight excluding hydrogens is 204 g/mol. The molecule has 0 aliphatic heterocycles. The number of rotatable bonds is 3. The van der Waals surface area contributed by atoms with Gasteiger partial charge in [-0.3, -0.25) is 0 Å². The minimum atomic E-state index is -1.40. The highest BCUT2D eigenvalue weighted by molar-refractivity contribution is 6.48. The van der Waals surface area contributed by atoms with Crippen molar-refractivity contribution >= 4 is 9.28 Å². The lowest BCUT2D eigenvalue weighted by Gasteiger charge is -2.57. The molecule has 0 spiro atoms. The summed E-state index contributed by atoms with van der Waals surface area (Å²) < 4.78 is 11.4. The molecule has 4 rings (SSSR count). The van der Waals surface area contributed by atoms with Crippen molar-refractivity contribution in [1.29, 1.82) is 0 Å². The Morgan fingerprint density at radius 2 is 1.27 bits per heavy atom. The Balaban J connectivity index is 1.86. The fourth-order valence-corrected chi connectivity index (χ4v) is 7.83. The van der Waals surface area contributed by atoms with Gasteiger partial charge in [-0.1, -0.05) is 0 Å². The van der Waals surface area contributed by atoms with E-state index in [0.717, 1.165) is 17.8 Å². The molecule has 0 aromatic carbocycles. The topological polar surface area (TPSA) is 18.5 Å². The first-order valence-corrected chi connectivity index (χ1v) is 7.83. The fraction of sp³-hybridized carbons (Fsp3) is 1.00. The van der Waals surface area contributed by atoms with Crippen LogP contribution < -0.4 is 0 Å². The van der Waals surface area contributed by atoms with Crippen LogP contribution in [0.2, 0.25) is 5.04 Å². The third-order valence-corrected chi connectivity index (χ3v) is 7.58. The molecule has 86 valence electrons. The molecule has 15 heavy (non-hydrogen) atoms. The fourth-order valence-electron chi connectivity index (χ4n) is 5.06. The van der Waals surface area contributed by atoms with Crippen LogP contribution in [0.15, 0.2) is 0 Å². The lowest BCUT2D eigenvalue weighted by atomic mass is 9.56. The first-order valence-electron chi connectivity index (χ1n) is 6.31. The van der Waals surface area contributed by atoms with E-state index in [1.807, 2.05) is 14.2 Å². The van der Waals surface area contributed by atoms with Gasteiger partial charge in [0, 0.05) is 19.3 Å². The van der Waals surface area contributed by atoms with Crippen LogP contribution in [-0.2, 0) is 8.85 Å². The van der Waals surface area contributed by atoms with Crippen molar-refractivity contribution in [3.8, 4) is 0 Å². The molecule has 4 aliphatic carbocycles. The largest absolute Gasteiger partial charge is 0.400 e. The molecule has 0 heterocycles. The first kappa shape index (κ1) is 10.3. The highest BCUT2D eigenvalue weighted by atomic mass is 28.3. The van der Waals surface area contributed by atoms with E-state index >= 15 is 0 Å². The number of hydrogen-bond acceptors (Lipinski definition) is 2. The van der Waals surface area contributed by atoms with Crippen LogP contribution in [0.4, 0.5) is 0 Å². The molecule has 0 aromatic heterocycles. The van der Waals surface area contributed by atoms with Gasteiger partial charge in [-0.15, -0.1) is 0 Å². The van der Waals surface area contributed by atoms with E-state index in [4.69, 9.17) is 8.85 Å². The van der Waals surface area contributed by atoms with Gasteiger partial charge in [-0.2, -0.15) is 0 Å². The quantitative estimate of drug-likeness (QED) is 0.688. The zero-order valence-corrected chi connectivity index (χ0v) is 11.0. The highest BCUT2D eigenvalue weighted by Crippen LogP contribution is 2.65. The normalized spacial score (nSPS) is 47.8. The monoisotopic (exact) mass is 226 g/mol. The standard InChI is InChI=1S/C12H22O2Si/c1-13-15(14-2)12-6-9-3-10(7-12)5-11(4-9)8-12/h9-11,15H,3-8H2,1-2H3. The Morgan fingerprint density at radius 1 is 0.867 bits per heavy atom. The number of hydrogen-bond donors (Lipinski definition) is 0. The second-order valence-electron chi connectivity index (χ2n) is 6.08. The van der Waals surface area contributed by atoms with Crippen molar-refractivity contribution < 1.29 is 8.85 Å². The summed E-state index contributed by atoms with van der Waals surface area (Å²) in [5.74, 6) is 3.03. The van der Waals surface area contributed by atoms with Crippen LogP contribution in [0.5, 0.6) is 0 Å². The van der Waals surface area contributed by atoms with Crippen LogP contribution in [0, 0.1) is 17.8 Å². The zero-order chi connectivity index (χ0) is 10.5. The van der Waals surface area contributed by atoms with E-state index in [-0.39, 0.29) is 0 Å². The summed E-state index contributed by atoms with van der Waals surface area (Å²) in [6.45, 7) is 0. The van der Waals surface area contributed by atoms with Crippen LogP contribution in [0.25, 0.3) is 0 Å². The van der Waals surface area contributed by atoms with E-state index in [1.54, 1.807) is 0 Å². The lowest BCUT2D eigenvalue weighted by Crippen LogP contribution is -2.50. The molecule has 4 bridgehead atoms. The molecule has 0 saturated heterocycles. The Morgan fingerprint density at radius 3 is 1.60 bits per heavy atom. The molecule has 0 amide bonds. The molecule has 0 unspecified atom stereocenters. The summed E-state index contributed by atoms with van der Waals surface area (Å²) in [7, 11) is 2.32. The van der Waals surface area contributed by atoms with Gasteiger partial charge in [0.25, 0.3) is 0 Å². The van der Waals surface area contributed by atoms with Gasteiger partial charge in [0.1, 0.15) is 0 Å². The minimum absolute atomic E-state index is 0.512. The third kappa shape index (κ3) is 1.51. The van der Waals surface area contributed by atoms with Gasteiger partial charge >= 0.3 is 9.28 Å². The van der Waals surface area contributed by atoms with Gasteiger partial charge in [-0.25, -0.2) is 0 Å². The Hall–Kier alpha value is 0.137. The Kier molecular flexibility index (Phi) is 2.45. The Bertz CT molecular complexity index is 215. The van der Waals surface area contributed by atoms with Gasteiger partial charge in [0.15, 0.2) is 0 Å². The van der Waals surface area contributed by atoms with E-state index in [9.17, 15) is 0 Å². The lowest BCUT2D eigenvalue weighted by molar-refractivity contribution is 0.00921. The summed E-state index contributed by atoms with van der Waals surface area (Å²) in [6.07, 6.45) is 8.77. The average molecular weight is 226 g/mol. The maximum absolute atomic E-state index is 5.70. The molecule has 0 aromatic rings. The molecule has 4 aliphatic rings. The molecule has 4 saturated carbocycles. The van der Waals surface area contributed by atoms with Crippen molar-refractivity contribution in [3.05, 3.63) is 0 Å². The summed E-state index contributed by atoms with van der Waals surface area (Å²) >= 11 is 0. The van der Waals surface area contributed by atoms with Gasteiger partial charge in [-0.05, 0) is 56.3 Å². The molecule has 0 N–H and O–H groups in total. The summed E-state index contributed by atoms with van der Waals surface area (Å²) in [6, 6.07) is 0. The third-order valence-electron chi connectivity index (χ3n) is 5.01. The zero-order valence-electron chi connectivity index (χ0n) is 9.87. The molecule has 4 fully saturated rings. The van der Waals surface area contributed by atoms with E-state index in [0.29, 0.717) is 5.04 Å². The van der Waals surface area contributed by atoms with Crippen molar-refractivity contribution in [2.24, 2.45) is 17.8 Å². The second-order valence-corrected chi connectivity index (χ2v) is 8.91. The van der Waals surface area contributed by atoms with E-state index < -0.39 is 9.28 Å². The van der Waals surface area contributed by atoms with Gasteiger partial charge in [0.05, 0.1) is 0 Å². The summed E-state index contributed by atoms with van der Waals surface area (Å²) in [4.78, 5) is 0. The molecule has 0 radical (unpaired) electrons. The predicted molar refractivity (Wildman–Crippen MR) is 62.0 cm³/mol. The predicted octanol–water partition coefficient (Wildman–Crippen LogP) is 2.47. The van der Waals surface area contributed by atoms with Crippen molar-refractivity contribution in [2.45, 2.75) is 43.6 Å². The summed E-state index contributed by atoms with van der Waals surface area (Å²) in [5.41, 5.74) is 0. The van der Waals surface area contributed by atoms with Crippen molar-refractivity contribution in [3.63, 3.8) is 0 Å². The van der Waals surface area contributed by atoms with Gasteiger partial charge < -0.3 is 8.85 Å². The minimum Gasteiger partial charge on any atom is -0.400 e. The van der Waals surface area contributed by atoms with Crippen LogP contribution in [0.3, 0.4) is 0 Å². The van der Waals surface area contributed by atoms with Crippen LogP contribution >= 0.6 is 0 Å². The highest BCUT2D eigenvalue weighted by Gasteiger charge is 2.56. The van der Waals surface area contributed by atoms with Gasteiger partial charge in [0.2, 0.25) is 0 Å². The smallest absolute Gasteiger partial charge is 0.327 e. The van der Waals surface area contributed by atoms with E-state index in [1.165, 1.54) is 38.5 Å². The molecular formula is C12H22O2Si. The Labute approximate surface area is 94.2 Å². The van der Waals surface area contributed by atoms with Crippen molar-refractivity contribution in [1.82, 2.24) is 0 Å². The van der Waals surface area contributed by atoms with Crippen molar-refractivity contribution in [2.75, 3.05) is 14.2 Å². The van der Waals surface area contributed by atoms with Crippen LogP contribution in [-0.4, -0.2) is 23.5 Å². The maximum Gasteiger partial charge on any atom is 0.327 e. The van der Waals surface area contributed by atoms with Crippen LogP contribution in [0.1, 0.15) is 38.5 Å². The molecule has 2 nitrogen and oxygen atoms in total. The molecule has 3 heteroatoms. The second kappa shape index (κ2) is 3.57. The van der Waals surface area contributed by atoms with E-state index in [2.05, 4.69) is 0 Å². The first-order chi connectivity index (χ1) is 7.25. The summed E-state index contributed by atoms with van der Waals surface area (Å²) in [5, 5.41) is 0.512. The average Bonchev–Trinajstić information content (AvgIpc) is 2.16. The maximum atomic E-state index is 5.70.